The summed E-state index contributed by atoms with van der Waals surface area (Å²) in [6, 6.07) is 6.31. The molecule has 2 aliphatic rings. The van der Waals surface area contributed by atoms with Gasteiger partial charge >= 0.3 is 0 Å². The van der Waals surface area contributed by atoms with Crippen LogP contribution < -0.4 is 5.73 Å². The molecule has 0 amide bonds. The minimum atomic E-state index is 0.260. The van der Waals surface area contributed by atoms with Gasteiger partial charge in [0, 0.05) is 48.9 Å². The van der Waals surface area contributed by atoms with Crippen LogP contribution in [0.2, 0.25) is 0 Å². The summed E-state index contributed by atoms with van der Waals surface area (Å²) in [5, 5.41) is 14.1. The van der Waals surface area contributed by atoms with Crippen LogP contribution in [0.1, 0.15) is 56.3 Å². The molecule has 0 radical (unpaired) electrons. The van der Waals surface area contributed by atoms with Gasteiger partial charge in [-0.05, 0) is 38.8 Å². The van der Waals surface area contributed by atoms with Crippen molar-refractivity contribution in [3.63, 3.8) is 0 Å². The molecule has 2 aromatic heterocycles. The van der Waals surface area contributed by atoms with Crippen LogP contribution >= 0.6 is 0 Å². The van der Waals surface area contributed by atoms with Crippen molar-refractivity contribution in [1.82, 2.24) is 19.7 Å². The molecule has 7 nitrogen and oxygen atoms in total. The van der Waals surface area contributed by atoms with E-state index in [1.54, 1.807) is 12.3 Å². The zero-order valence-corrected chi connectivity index (χ0v) is 15.9. The van der Waals surface area contributed by atoms with Crippen molar-refractivity contribution in [2.45, 2.75) is 51.3 Å². The average molecular weight is 366 g/mol. The lowest BCUT2D eigenvalue weighted by molar-refractivity contribution is -0.150. The fraction of sp³-hybridized carbons (Fsp3) is 0.550. The molecule has 0 saturated carbocycles. The molecule has 7 heteroatoms. The Morgan fingerprint density at radius 2 is 2.00 bits per heavy atom. The molecular formula is C20H26N6O. The number of likely N-dealkylation sites (tertiary alicyclic amines) is 1. The highest BCUT2D eigenvalue weighted by molar-refractivity contribution is 5.64. The number of piperidine rings is 1. The number of pyridine rings is 1. The number of nitrogen functional groups attached to an aromatic ring is 1. The van der Waals surface area contributed by atoms with E-state index in [9.17, 15) is 5.26 Å². The van der Waals surface area contributed by atoms with E-state index in [2.05, 4.69) is 40.5 Å². The Morgan fingerprint density at radius 1 is 1.26 bits per heavy atom. The third kappa shape index (κ3) is 3.43. The fourth-order valence-electron chi connectivity index (χ4n) is 3.97. The molecule has 2 aliphatic heterocycles. The highest BCUT2D eigenvalue weighted by Gasteiger charge is 2.31. The molecule has 4 rings (SSSR count). The molecule has 27 heavy (non-hydrogen) atoms. The van der Waals surface area contributed by atoms with Gasteiger partial charge in [-0.25, -0.2) is 4.98 Å². The van der Waals surface area contributed by atoms with Gasteiger partial charge in [-0.3, -0.25) is 9.58 Å². The largest absolute Gasteiger partial charge is 0.383 e. The molecule has 2 N–H and O–H groups in total. The first kappa shape index (κ1) is 18.0. The van der Waals surface area contributed by atoms with Crippen molar-refractivity contribution in [1.29, 1.82) is 5.26 Å². The smallest absolute Gasteiger partial charge is 0.141 e. The van der Waals surface area contributed by atoms with Crippen molar-refractivity contribution in [3.8, 4) is 17.3 Å². The summed E-state index contributed by atoms with van der Waals surface area (Å²) < 4.78 is 7.75. The molecule has 1 atom stereocenters. The van der Waals surface area contributed by atoms with Crippen LogP contribution in [0.4, 0.5) is 5.82 Å². The van der Waals surface area contributed by atoms with Crippen molar-refractivity contribution in [2.24, 2.45) is 0 Å². The number of hydrogen-bond acceptors (Lipinski definition) is 6. The van der Waals surface area contributed by atoms with Crippen LogP contribution in [-0.4, -0.2) is 45.6 Å². The van der Waals surface area contributed by atoms with Crippen molar-refractivity contribution >= 4 is 5.82 Å². The molecule has 1 unspecified atom stereocenters. The summed E-state index contributed by atoms with van der Waals surface area (Å²) in [4.78, 5) is 6.61. The van der Waals surface area contributed by atoms with Crippen molar-refractivity contribution in [3.05, 3.63) is 29.6 Å². The molecule has 142 valence electrons. The summed E-state index contributed by atoms with van der Waals surface area (Å²) in [6.07, 6.45) is 5.41. The predicted octanol–water partition coefficient (Wildman–Crippen LogP) is 2.91. The van der Waals surface area contributed by atoms with Crippen LogP contribution in [0.25, 0.3) is 11.3 Å². The van der Waals surface area contributed by atoms with Gasteiger partial charge in [0.25, 0.3) is 0 Å². The molecule has 2 saturated heterocycles. The minimum Gasteiger partial charge on any atom is -0.383 e. The predicted molar refractivity (Wildman–Crippen MR) is 103 cm³/mol. The number of aromatic nitrogens is 3. The number of rotatable bonds is 4. The summed E-state index contributed by atoms with van der Waals surface area (Å²) >= 11 is 0. The first-order valence-corrected chi connectivity index (χ1v) is 9.68. The first-order chi connectivity index (χ1) is 13.1. The van der Waals surface area contributed by atoms with E-state index >= 15 is 0 Å². The summed E-state index contributed by atoms with van der Waals surface area (Å²) in [5.41, 5.74) is 9.11. The third-order valence-electron chi connectivity index (χ3n) is 5.62. The van der Waals surface area contributed by atoms with Crippen LogP contribution in [-0.2, 0) is 4.74 Å². The monoisotopic (exact) mass is 366 g/mol. The maximum Gasteiger partial charge on any atom is 0.141 e. The number of anilines is 1. The summed E-state index contributed by atoms with van der Waals surface area (Å²) in [7, 11) is 0. The van der Waals surface area contributed by atoms with Crippen LogP contribution in [0, 0.1) is 11.3 Å². The highest BCUT2D eigenvalue weighted by atomic mass is 16.5. The van der Waals surface area contributed by atoms with E-state index in [1.165, 1.54) is 5.69 Å². The van der Waals surface area contributed by atoms with Crippen molar-refractivity contribution < 1.29 is 4.74 Å². The number of nitrogens with zero attached hydrogens (tertiary/aromatic N) is 5. The number of ether oxygens (including phenoxy) is 1. The number of hydrogen-bond donors (Lipinski definition) is 1. The highest BCUT2D eigenvalue weighted by Crippen LogP contribution is 2.34. The van der Waals surface area contributed by atoms with Gasteiger partial charge in [0.15, 0.2) is 0 Å². The molecule has 4 heterocycles. The molecular weight excluding hydrogens is 340 g/mol. The van der Waals surface area contributed by atoms with E-state index < -0.39 is 0 Å². The minimum absolute atomic E-state index is 0.260. The molecule has 0 aliphatic carbocycles. The number of nitrogens with two attached hydrogens (primary N) is 1. The molecule has 0 bridgehead atoms. The maximum absolute atomic E-state index is 9.23. The van der Waals surface area contributed by atoms with Gasteiger partial charge in [-0.15, -0.1) is 0 Å². The van der Waals surface area contributed by atoms with Gasteiger partial charge in [0.05, 0.1) is 17.9 Å². The Kier molecular flexibility index (Phi) is 4.85. The Hall–Kier alpha value is -2.43. The zero-order chi connectivity index (χ0) is 19.0. The Labute approximate surface area is 159 Å². The second kappa shape index (κ2) is 7.29. The quantitative estimate of drug-likeness (QED) is 0.894. The van der Waals surface area contributed by atoms with Crippen LogP contribution in [0.5, 0.6) is 0 Å². The van der Waals surface area contributed by atoms with E-state index in [4.69, 9.17) is 15.6 Å². The van der Waals surface area contributed by atoms with E-state index in [1.807, 2.05) is 0 Å². The Bertz CT molecular complexity index is 856. The summed E-state index contributed by atoms with van der Waals surface area (Å²) in [5.74, 6) is 0.748. The topological polar surface area (TPSA) is 93.0 Å². The maximum atomic E-state index is 9.23. The number of nitriles is 1. The first-order valence-electron chi connectivity index (χ1n) is 9.68. The second-order valence-corrected chi connectivity index (χ2v) is 7.69. The van der Waals surface area contributed by atoms with Crippen LogP contribution in [0.15, 0.2) is 18.3 Å². The zero-order valence-electron chi connectivity index (χ0n) is 15.9. The summed E-state index contributed by atoms with van der Waals surface area (Å²) in [6.45, 7) is 7.33. The lowest BCUT2D eigenvalue weighted by Gasteiger charge is -2.41. The Morgan fingerprint density at radius 3 is 2.59 bits per heavy atom. The Balaban J connectivity index is 1.59. The van der Waals surface area contributed by atoms with Gasteiger partial charge in [0.2, 0.25) is 0 Å². The van der Waals surface area contributed by atoms with E-state index in [-0.39, 0.29) is 11.9 Å². The fourth-order valence-corrected chi connectivity index (χ4v) is 3.97. The van der Waals surface area contributed by atoms with E-state index in [0.29, 0.717) is 17.7 Å². The van der Waals surface area contributed by atoms with Crippen LogP contribution in [0.3, 0.4) is 0 Å². The van der Waals surface area contributed by atoms with E-state index in [0.717, 1.165) is 50.2 Å². The average Bonchev–Trinajstić information content (AvgIpc) is 3.07. The SMILES string of the molecule is CC(C)n1nc(-c2cnc(N)c(C#N)c2)cc1C1CCN(C2CCO2)CC1. The molecule has 2 aromatic rings. The van der Waals surface area contributed by atoms with Crippen molar-refractivity contribution in [2.75, 3.05) is 25.4 Å². The van der Waals surface area contributed by atoms with Gasteiger partial charge in [0.1, 0.15) is 18.1 Å². The molecule has 2 fully saturated rings. The lowest BCUT2D eigenvalue weighted by atomic mass is 9.92. The van der Waals surface area contributed by atoms with Gasteiger partial charge < -0.3 is 10.5 Å². The van der Waals surface area contributed by atoms with Gasteiger partial charge in [-0.1, -0.05) is 0 Å². The standard InChI is InChI=1S/C20H26N6O/c1-13(2)26-18(14-3-6-25(7-4-14)19-5-8-27-19)10-17(24-26)16-9-15(11-21)20(22)23-12-16/h9-10,12-14,19H,3-8H2,1-2H3,(H2,22,23). The lowest BCUT2D eigenvalue weighted by Crippen LogP contribution is -2.48. The normalized spacial score (nSPS) is 21.2. The molecule has 0 spiro atoms. The van der Waals surface area contributed by atoms with Gasteiger partial charge in [-0.2, -0.15) is 10.4 Å². The molecule has 0 aromatic carbocycles. The third-order valence-corrected chi connectivity index (χ3v) is 5.62. The second-order valence-electron chi connectivity index (χ2n) is 7.69.